The van der Waals surface area contributed by atoms with E-state index in [9.17, 15) is 14.7 Å². The van der Waals surface area contributed by atoms with Crippen LogP contribution < -0.4 is 28.6 Å². The molecular weight excluding hydrogens is 514 g/mol. The highest BCUT2D eigenvalue weighted by molar-refractivity contribution is 6.51. The van der Waals surface area contributed by atoms with Crippen molar-refractivity contribution in [1.29, 1.82) is 0 Å². The van der Waals surface area contributed by atoms with Crippen molar-refractivity contribution in [2.75, 3.05) is 38.9 Å². The van der Waals surface area contributed by atoms with Gasteiger partial charge in [-0.25, -0.2) is 0 Å². The van der Waals surface area contributed by atoms with Gasteiger partial charge >= 0.3 is 0 Å². The lowest BCUT2D eigenvalue weighted by Crippen LogP contribution is -2.29. The summed E-state index contributed by atoms with van der Waals surface area (Å²) >= 11 is 0. The first-order valence-electron chi connectivity index (χ1n) is 13.0. The Hall–Kier alpha value is -4.66. The largest absolute Gasteiger partial charge is 0.507 e. The lowest BCUT2D eigenvalue weighted by molar-refractivity contribution is -0.132. The number of ether oxygens (including phenoxy) is 5. The molecule has 210 valence electrons. The van der Waals surface area contributed by atoms with Crippen molar-refractivity contribution < 1.29 is 38.4 Å². The Kier molecular flexibility index (Phi) is 8.83. The van der Waals surface area contributed by atoms with E-state index in [-0.39, 0.29) is 16.9 Å². The normalized spacial score (nSPS) is 16.1. The summed E-state index contributed by atoms with van der Waals surface area (Å²) in [6.07, 6.45) is 0. The fraction of sp³-hybridized carbons (Fsp3) is 0.290. The Morgan fingerprint density at radius 3 is 2.17 bits per heavy atom. The van der Waals surface area contributed by atoms with Crippen LogP contribution in [0.25, 0.3) is 5.76 Å². The Labute approximate surface area is 233 Å². The summed E-state index contributed by atoms with van der Waals surface area (Å²) in [5.74, 6) is 0.313. The van der Waals surface area contributed by atoms with Gasteiger partial charge in [-0.1, -0.05) is 12.1 Å². The molecule has 1 fully saturated rings. The van der Waals surface area contributed by atoms with Crippen LogP contribution in [-0.2, 0) is 9.59 Å². The van der Waals surface area contributed by atoms with Crippen molar-refractivity contribution in [3.8, 4) is 28.7 Å². The summed E-state index contributed by atoms with van der Waals surface area (Å²) in [4.78, 5) is 28.6. The van der Waals surface area contributed by atoms with E-state index >= 15 is 0 Å². The van der Waals surface area contributed by atoms with E-state index in [1.165, 1.54) is 19.1 Å². The third kappa shape index (κ3) is 5.40. The van der Waals surface area contributed by atoms with Crippen molar-refractivity contribution >= 4 is 23.1 Å². The molecule has 1 aliphatic heterocycles. The summed E-state index contributed by atoms with van der Waals surface area (Å²) in [6, 6.07) is 15.9. The lowest BCUT2D eigenvalue weighted by atomic mass is 9.94. The summed E-state index contributed by atoms with van der Waals surface area (Å²) < 4.78 is 28.0. The minimum atomic E-state index is -0.988. The molecule has 4 rings (SSSR count). The molecule has 0 saturated carbocycles. The number of aliphatic hydroxyl groups is 1. The monoisotopic (exact) mass is 547 g/mol. The maximum atomic E-state index is 13.7. The fourth-order valence-corrected chi connectivity index (χ4v) is 4.68. The van der Waals surface area contributed by atoms with E-state index in [2.05, 4.69) is 0 Å². The molecule has 9 heteroatoms. The summed E-state index contributed by atoms with van der Waals surface area (Å²) in [5.41, 5.74) is 1.13. The van der Waals surface area contributed by atoms with E-state index in [0.29, 0.717) is 59.8 Å². The first kappa shape index (κ1) is 28.4. The quantitative estimate of drug-likeness (QED) is 0.190. The fourth-order valence-electron chi connectivity index (χ4n) is 4.68. The van der Waals surface area contributed by atoms with Gasteiger partial charge in [-0.05, 0) is 62.7 Å². The minimum Gasteiger partial charge on any atom is -0.507 e. The number of aliphatic hydroxyl groups excluding tert-OH is 1. The molecule has 0 spiro atoms. The molecule has 0 aromatic heterocycles. The molecule has 3 aromatic rings. The number of carbonyl (C=O) groups excluding carboxylic acids is 2. The van der Waals surface area contributed by atoms with Gasteiger partial charge < -0.3 is 28.8 Å². The van der Waals surface area contributed by atoms with Crippen LogP contribution in [0.1, 0.15) is 37.9 Å². The average Bonchev–Trinajstić information content (AvgIpc) is 3.23. The number of ketones is 1. The van der Waals surface area contributed by atoms with Crippen LogP contribution in [0.4, 0.5) is 5.69 Å². The van der Waals surface area contributed by atoms with Gasteiger partial charge in [0.05, 0.1) is 51.2 Å². The molecular formula is C31H33NO8. The van der Waals surface area contributed by atoms with E-state index in [0.717, 1.165) is 0 Å². The summed E-state index contributed by atoms with van der Waals surface area (Å²) in [5, 5.41) is 11.7. The van der Waals surface area contributed by atoms with Crippen LogP contribution in [0.3, 0.4) is 0 Å². The molecule has 40 heavy (non-hydrogen) atoms. The van der Waals surface area contributed by atoms with Gasteiger partial charge in [0.2, 0.25) is 0 Å². The molecule has 1 heterocycles. The molecule has 1 amide bonds. The molecule has 1 aliphatic rings. The zero-order valence-corrected chi connectivity index (χ0v) is 23.2. The first-order chi connectivity index (χ1) is 19.4. The molecule has 3 aromatic carbocycles. The number of Topliss-reactive ketones (excluding diaryl/α,β-unsaturated/α-hetero) is 1. The van der Waals surface area contributed by atoms with Gasteiger partial charge in [0.25, 0.3) is 11.7 Å². The Morgan fingerprint density at radius 1 is 0.775 bits per heavy atom. The molecule has 1 unspecified atom stereocenters. The standard InChI is InChI=1S/C31H33NO8/c1-6-38-22-13-14-23(25(18-22)39-7-2)29(33)27-28(19-12-15-24(37-5)26(16-19)40-8-3)32(31(35)30(27)34)20-10-9-11-21(17-20)36-4/h9-18,28,33H,6-8H2,1-5H3/b29-27+. The Balaban J connectivity index is 1.98. The highest BCUT2D eigenvalue weighted by atomic mass is 16.5. The molecule has 0 bridgehead atoms. The molecule has 9 nitrogen and oxygen atoms in total. The third-order valence-electron chi connectivity index (χ3n) is 6.40. The Bertz CT molecular complexity index is 1430. The number of carbonyl (C=O) groups is 2. The first-order valence-corrected chi connectivity index (χ1v) is 13.0. The van der Waals surface area contributed by atoms with Gasteiger partial charge in [-0.2, -0.15) is 0 Å². The molecule has 1 atom stereocenters. The van der Waals surface area contributed by atoms with Crippen molar-refractivity contribution in [2.24, 2.45) is 0 Å². The summed E-state index contributed by atoms with van der Waals surface area (Å²) in [7, 11) is 3.05. The predicted molar refractivity (Wildman–Crippen MR) is 151 cm³/mol. The number of anilines is 1. The highest BCUT2D eigenvalue weighted by Gasteiger charge is 2.47. The van der Waals surface area contributed by atoms with Gasteiger partial charge in [0, 0.05) is 17.8 Å². The maximum Gasteiger partial charge on any atom is 0.300 e. The van der Waals surface area contributed by atoms with E-state index in [1.54, 1.807) is 60.7 Å². The number of methoxy groups -OCH3 is 2. The SMILES string of the molecule is CCOc1ccc(/C(O)=C2\C(=O)C(=O)N(c3cccc(OC)c3)C2c2ccc(OC)c(OCC)c2)c(OCC)c1. The zero-order valence-electron chi connectivity index (χ0n) is 23.2. The van der Waals surface area contributed by atoms with Gasteiger partial charge in [0.1, 0.15) is 23.0 Å². The topological polar surface area (TPSA) is 104 Å². The molecule has 0 radical (unpaired) electrons. The molecule has 1 saturated heterocycles. The van der Waals surface area contributed by atoms with Crippen molar-refractivity contribution in [3.05, 3.63) is 77.4 Å². The van der Waals surface area contributed by atoms with Gasteiger partial charge in [-0.3, -0.25) is 14.5 Å². The van der Waals surface area contributed by atoms with E-state index < -0.39 is 17.7 Å². The highest BCUT2D eigenvalue weighted by Crippen LogP contribution is 2.45. The molecule has 0 aliphatic carbocycles. The number of nitrogens with zero attached hydrogens (tertiary/aromatic N) is 1. The second-order valence-corrected chi connectivity index (χ2v) is 8.74. The lowest BCUT2D eigenvalue weighted by Gasteiger charge is -2.26. The van der Waals surface area contributed by atoms with Crippen molar-refractivity contribution in [3.63, 3.8) is 0 Å². The third-order valence-corrected chi connectivity index (χ3v) is 6.40. The predicted octanol–water partition coefficient (Wildman–Crippen LogP) is 5.53. The van der Waals surface area contributed by atoms with Crippen LogP contribution in [0.2, 0.25) is 0 Å². The van der Waals surface area contributed by atoms with Crippen LogP contribution >= 0.6 is 0 Å². The Morgan fingerprint density at radius 2 is 1.50 bits per heavy atom. The second-order valence-electron chi connectivity index (χ2n) is 8.74. The van der Waals surface area contributed by atoms with Crippen LogP contribution in [0.15, 0.2) is 66.2 Å². The van der Waals surface area contributed by atoms with Crippen molar-refractivity contribution in [1.82, 2.24) is 0 Å². The summed E-state index contributed by atoms with van der Waals surface area (Å²) in [6.45, 7) is 6.65. The van der Waals surface area contributed by atoms with Gasteiger partial charge in [0.15, 0.2) is 11.5 Å². The smallest absolute Gasteiger partial charge is 0.300 e. The maximum absolute atomic E-state index is 13.7. The molecule has 1 N–H and O–H groups in total. The average molecular weight is 548 g/mol. The second kappa shape index (κ2) is 12.5. The zero-order chi connectivity index (χ0) is 28.8. The number of hydrogen-bond acceptors (Lipinski definition) is 8. The number of rotatable bonds is 11. The number of amides is 1. The number of hydrogen-bond donors (Lipinski definition) is 1. The van der Waals surface area contributed by atoms with Crippen LogP contribution in [0.5, 0.6) is 28.7 Å². The minimum absolute atomic E-state index is 0.0921. The van der Waals surface area contributed by atoms with E-state index in [1.807, 2.05) is 20.8 Å². The van der Waals surface area contributed by atoms with Gasteiger partial charge in [-0.15, -0.1) is 0 Å². The van der Waals surface area contributed by atoms with Crippen molar-refractivity contribution in [2.45, 2.75) is 26.8 Å². The van der Waals surface area contributed by atoms with Crippen LogP contribution in [0, 0.1) is 0 Å². The number of benzene rings is 3. The van der Waals surface area contributed by atoms with E-state index in [4.69, 9.17) is 23.7 Å². The van der Waals surface area contributed by atoms with Crippen LogP contribution in [-0.4, -0.2) is 50.8 Å².